The van der Waals surface area contributed by atoms with Crippen molar-refractivity contribution in [2.75, 3.05) is 9.62 Å². The standard InChI is InChI=1S/C27H20ClFN4O3S2/c1-17-14-19(28)15-24-25(17)31-27(37-24)33(16-22-4-2-3-13-30-22)26(34)18-5-9-21(10-6-18)32-38(35,36)23-11-7-20(29)8-12-23/h2-15,32H,16H2,1H3. The first-order valence-corrected chi connectivity index (χ1v) is 14.0. The van der Waals surface area contributed by atoms with Crippen molar-refractivity contribution in [1.82, 2.24) is 9.97 Å². The Morgan fingerprint density at radius 3 is 2.47 bits per heavy atom. The Balaban J connectivity index is 1.44. The van der Waals surface area contributed by atoms with Crippen LogP contribution in [0.25, 0.3) is 10.2 Å². The fourth-order valence-electron chi connectivity index (χ4n) is 3.80. The average Bonchev–Trinajstić information content (AvgIpc) is 3.32. The molecule has 3 aromatic carbocycles. The number of hydrogen-bond acceptors (Lipinski definition) is 6. The number of pyridine rings is 1. The molecule has 0 aliphatic rings. The lowest BCUT2D eigenvalue weighted by atomic mass is 10.2. The zero-order valence-corrected chi connectivity index (χ0v) is 22.3. The summed E-state index contributed by atoms with van der Waals surface area (Å²) < 4.78 is 41.7. The van der Waals surface area contributed by atoms with Gasteiger partial charge in [-0.15, -0.1) is 0 Å². The van der Waals surface area contributed by atoms with Gasteiger partial charge in [0.25, 0.3) is 15.9 Å². The number of carbonyl (C=O) groups excluding carboxylic acids is 1. The molecule has 0 radical (unpaired) electrons. The summed E-state index contributed by atoms with van der Waals surface area (Å²) in [4.78, 5) is 24.2. The van der Waals surface area contributed by atoms with Gasteiger partial charge in [-0.2, -0.15) is 0 Å². The second kappa shape index (κ2) is 10.5. The second-order valence-electron chi connectivity index (χ2n) is 8.42. The fourth-order valence-corrected chi connectivity index (χ4v) is 6.28. The molecule has 0 atom stereocenters. The first-order chi connectivity index (χ1) is 18.2. The summed E-state index contributed by atoms with van der Waals surface area (Å²) in [5.41, 5.74) is 2.93. The van der Waals surface area contributed by atoms with Gasteiger partial charge < -0.3 is 0 Å². The Hall–Kier alpha value is -3.86. The predicted molar refractivity (Wildman–Crippen MR) is 148 cm³/mol. The zero-order chi connectivity index (χ0) is 26.9. The number of nitrogens with zero attached hydrogens (tertiary/aromatic N) is 3. The summed E-state index contributed by atoms with van der Waals surface area (Å²) in [6, 6.07) is 19.7. The number of aromatic nitrogens is 2. The molecule has 2 aromatic heterocycles. The van der Waals surface area contributed by atoms with E-state index in [2.05, 4.69) is 9.71 Å². The van der Waals surface area contributed by atoms with Crippen LogP contribution < -0.4 is 9.62 Å². The normalized spacial score (nSPS) is 11.4. The Kier molecular flexibility index (Phi) is 7.11. The van der Waals surface area contributed by atoms with Crippen LogP contribution in [0.1, 0.15) is 21.6 Å². The molecule has 0 unspecified atom stereocenters. The van der Waals surface area contributed by atoms with E-state index in [1.807, 2.05) is 31.2 Å². The van der Waals surface area contributed by atoms with Crippen LogP contribution in [-0.2, 0) is 16.6 Å². The molecule has 5 aromatic rings. The third kappa shape index (κ3) is 5.52. The molecule has 192 valence electrons. The van der Waals surface area contributed by atoms with Crippen LogP contribution in [0.5, 0.6) is 0 Å². The molecule has 11 heteroatoms. The number of rotatable bonds is 7. The summed E-state index contributed by atoms with van der Waals surface area (Å²) in [6.07, 6.45) is 1.66. The van der Waals surface area contributed by atoms with E-state index < -0.39 is 15.8 Å². The highest BCUT2D eigenvalue weighted by Gasteiger charge is 2.23. The van der Waals surface area contributed by atoms with Crippen molar-refractivity contribution >= 4 is 59.9 Å². The molecule has 0 aliphatic carbocycles. The van der Waals surface area contributed by atoms with E-state index in [9.17, 15) is 17.6 Å². The maximum absolute atomic E-state index is 13.7. The average molecular weight is 567 g/mol. The number of hydrogen-bond donors (Lipinski definition) is 1. The molecule has 0 saturated heterocycles. The van der Waals surface area contributed by atoms with Gasteiger partial charge in [0.1, 0.15) is 5.82 Å². The Labute approximate surface area is 227 Å². The van der Waals surface area contributed by atoms with Crippen molar-refractivity contribution in [3.05, 3.63) is 113 Å². The summed E-state index contributed by atoms with van der Waals surface area (Å²) in [5, 5.41) is 1.08. The van der Waals surface area contributed by atoms with Crippen LogP contribution in [0, 0.1) is 12.7 Å². The van der Waals surface area contributed by atoms with Gasteiger partial charge >= 0.3 is 0 Å². The third-order valence-electron chi connectivity index (χ3n) is 5.67. The number of benzene rings is 3. The van der Waals surface area contributed by atoms with Gasteiger partial charge in [0.05, 0.1) is 27.4 Å². The molecule has 5 rings (SSSR count). The van der Waals surface area contributed by atoms with Crippen molar-refractivity contribution in [1.29, 1.82) is 0 Å². The van der Waals surface area contributed by atoms with E-state index in [0.29, 0.717) is 21.4 Å². The number of aryl methyl sites for hydroxylation is 1. The summed E-state index contributed by atoms with van der Waals surface area (Å²) in [7, 11) is -3.93. The maximum Gasteiger partial charge on any atom is 0.261 e. The predicted octanol–water partition coefficient (Wildman–Crippen LogP) is 6.44. The molecule has 0 aliphatic heterocycles. The van der Waals surface area contributed by atoms with Crippen LogP contribution in [0.15, 0.2) is 90.0 Å². The minimum Gasteiger partial charge on any atom is -0.280 e. The molecule has 2 heterocycles. The van der Waals surface area contributed by atoms with Gasteiger partial charge in [0.2, 0.25) is 0 Å². The molecule has 0 spiro atoms. The largest absolute Gasteiger partial charge is 0.280 e. The van der Waals surface area contributed by atoms with Gasteiger partial charge in [-0.25, -0.2) is 17.8 Å². The van der Waals surface area contributed by atoms with E-state index in [0.717, 1.165) is 27.9 Å². The molecule has 0 bridgehead atoms. The molecule has 0 saturated carbocycles. The quantitative estimate of drug-likeness (QED) is 0.245. The van der Waals surface area contributed by atoms with Crippen molar-refractivity contribution in [2.45, 2.75) is 18.4 Å². The smallest absolute Gasteiger partial charge is 0.261 e. The number of halogens is 2. The highest BCUT2D eigenvalue weighted by Crippen LogP contribution is 2.34. The lowest BCUT2D eigenvalue weighted by Gasteiger charge is -2.20. The fraction of sp³-hybridized carbons (Fsp3) is 0.0741. The number of fused-ring (bicyclic) bond motifs is 1. The lowest BCUT2D eigenvalue weighted by molar-refractivity contribution is 0.0985. The van der Waals surface area contributed by atoms with Crippen LogP contribution in [-0.4, -0.2) is 24.3 Å². The first-order valence-electron chi connectivity index (χ1n) is 11.4. The second-order valence-corrected chi connectivity index (χ2v) is 11.5. The number of thiazole rings is 1. The molecular weight excluding hydrogens is 547 g/mol. The van der Waals surface area contributed by atoms with Crippen molar-refractivity contribution in [2.24, 2.45) is 0 Å². The number of sulfonamides is 1. The molecule has 1 N–H and O–H groups in total. The minimum atomic E-state index is -3.93. The van der Waals surface area contributed by atoms with Gasteiger partial charge in [-0.1, -0.05) is 29.0 Å². The Morgan fingerprint density at radius 2 is 1.79 bits per heavy atom. The van der Waals surface area contributed by atoms with Gasteiger partial charge in [0.15, 0.2) is 5.13 Å². The summed E-state index contributed by atoms with van der Waals surface area (Å²) in [5.74, 6) is -0.861. The van der Waals surface area contributed by atoms with Gasteiger partial charge in [-0.3, -0.25) is 19.4 Å². The van der Waals surface area contributed by atoms with Crippen LogP contribution >= 0.6 is 22.9 Å². The van der Waals surface area contributed by atoms with E-state index in [1.54, 1.807) is 12.3 Å². The highest BCUT2D eigenvalue weighted by atomic mass is 35.5. The van der Waals surface area contributed by atoms with Crippen LogP contribution in [0.4, 0.5) is 15.2 Å². The van der Waals surface area contributed by atoms with Gasteiger partial charge in [-0.05, 0) is 85.3 Å². The highest BCUT2D eigenvalue weighted by molar-refractivity contribution is 7.92. The van der Waals surface area contributed by atoms with Crippen LogP contribution in [0.2, 0.25) is 5.02 Å². The Bertz CT molecular complexity index is 1730. The van der Waals surface area contributed by atoms with Crippen molar-refractivity contribution in [3.63, 3.8) is 0 Å². The number of anilines is 2. The summed E-state index contributed by atoms with van der Waals surface area (Å²) >= 11 is 7.58. The minimum absolute atomic E-state index is 0.0770. The summed E-state index contributed by atoms with van der Waals surface area (Å²) in [6.45, 7) is 2.10. The SMILES string of the molecule is Cc1cc(Cl)cc2sc(N(Cc3ccccn3)C(=O)c3ccc(NS(=O)(=O)c4ccc(F)cc4)cc3)nc12. The number of nitrogens with one attached hydrogen (secondary N) is 1. The van der Waals surface area contributed by atoms with Crippen molar-refractivity contribution in [3.8, 4) is 0 Å². The van der Waals surface area contributed by atoms with Gasteiger partial charge in [0, 0.05) is 22.5 Å². The van der Waals surface area contributed by atoms with E-state index in [4.69, 9.17) is 16.6 Å². The zero-order valence-electron chi connectivity index (χ0n) is 19.9. The number of carbonyl (C=O) groups is 1. The van der Waals surface area contributed by atoms with Crippen molar-refractivity contribution < 1.29 is 17.6 Å². The van der Waals surface area contributed by atoms with Crippen LogP contribution in [0.3, 0.4) is 0 Å². The lowest BCUT2D eigenvalue weighted by Crippen LogP contribution is -2.30. The van der Waals surface area contributed by atoms with E-state index in [-0.39, 0.29) is 23.0 Å². The molecule has 1 amide bonds. The third-order valence-corrected chi connectivity index (χ3v) is 8.31. The van der Waals surface area contributed by atoms with E-state index >= 15 is 0 Å². The molecule has 38 heavy (non-hydrogen) atoms. The first kappa shape index (κ1) is 25.8. The number of amides is 1. The Morgan fingerprint density at radius 1 is 1.05 bits per heavy atom. The molecule has 7 nitrogen and oxygen atoms in total. The monoisotopic (exact) mass is 566 g/mol. The molecular formula is C27H20ClFN4O3S2. The van der Waals surface area contributed by atoms with E-state index in [1.165, 1.54) is 52.6 Å². The molecule has 0 fully saturated rings. The maximum atomic E-state index is 13.7. The topological polar surface area (TPSA) is 92.3 Å².